The smallest absolute Gasteiger partial charge is 0.296 e. The lowest BCUT2D eigenvalue weighted by atomic mass is 9.80. The number of benzene rings is 4. The third-order valence-corrected chi connectivity index (χ3v) is 11.3. The summed E-state index contributed by atoms with van der Waals surface area (Å²) in [4.78, 5) is 40.0. The minimum absolute atomic E-state index is 0.112. The van der Waals surface area contributed by atoms with Gasteiger partial charge < -0.3 is 16.0 Å². The molecule has 22 heteroatoms. The SMILES string of the molecule is Nc1cc(S(=O)(=O)O)c(Nc2cc(S(=O)(=O)O)c3[nH]c(=O)c(C(=O)c4cccc(S(=O)(=O)O)c4)c4c3c2C(=O)c2ccccc2-4)cc1S(=O)(=O)O. The molecule has 0 spiro atoms. The van der Waals surface area contributed by atoms with Crippen LogP contribution in [0.15, 0.2) is 91.1 Å². The summed E-state index contributed by atoms with van der Waals surface area (Å²) < 4.78 is 137. The Morgan fingerprint density at radius 2 is 1.24 bits per heavy atom. The summed E-state index contributed by atoms with van der Waals surface area (Å²) >= 11 is 0. The predicted octanol–water partition coefficient (Wildman–Crippen LogP) is 2.28. The maximum absolute atomic E-state index is 14.2. The second-order valence-electron chi connectivity index (χ2n) is 10.9. The molecular formula is C29H19N3O15S4. The molecule has 18 nitrogen and oxygen atoms in total. The van der Waals surface area contributed by atoms with Crippen LogP contribution in [0.3, 0.4) is 0 Å². The molecule has 0 fully saturated rings. The van der Waals surface area contributed by atoms with Crippen LogP contribution in [0.1, 0.15) is 31.8 Å². The maximum atomic E-state index is 14.2. The molecule has 51 heavy (non-hydrogen) atoms. The first-order chi connectivity index (χ1) is 23.5. The fourth-order valence-corrected chi connectivity index (χ4v) is 8.19. The first-order valence-corrected chi connectivity index (χ1v) is 19.4. The molecule has 0 saturated carbocycles. The van der Waals surface area contributed by atoms with Gasteiger partial charge in [-0.3, -0.25) is 32.6 Å². The first kappa shape index (κ1) is 35.5. The van der Waals surface area contributed by atoms with Crippen LogP contribution >= 0.6 is 0 Å². The fraction of sp³-hybridized carbons (Fsp3) is 0. The van der Waals surface area contributed by atoms with Gasteiger partial charge in [-0.15, -0.1) is 0 Å². The third kappa shape index (κ3) is 6.08. The molecule has 0 amide bonds. The van der Waals surface area contributed by atoms with Crippen LogP contribution < -0.4 is 16.6 Å². The summed E-state index contributed by atoms with van der Waals surface area (Å²) in [6, 6.07) is 10.7. The van der Waals surface area contributed by atoms with E-state index in [2.05, 4.69) is 10.3 Å². The number of fused-ring (bicyclic) bond motifs is 2. The van der Waals surface area contributed by atoms with E-state index in [1.807, 2.05) is 0 Å². The van der Waals surface area contributed by atoms with Crippen molar-refractivity contribution in [3.05, 3.63) is 99.3 Å². The van der Waals surface area contributed by atoms with Crippen molar-refractivity contribution in [3.63, 3.8) is 0 Å². The molecule has 1 aliphatic rings. The highest BCUT2D eigenvalue weighted by Crippen LogP contribution is 2.46. The van der Waals surface area contributed by atoms with Crippen LogP contribution in [0.25, 0.3) is 22.0 Å². The monoisotopic (exact) mass is 777 g/mol. The summed E-state index contributed by atoms with van der Waals surface area (Å²) in [5, 5.41) is 1.84. The number of anilines is 3. The van der Waals surface area contributed by atoms with Gasteiger partial charge in [0, 0.05) is 22.1 Å². The Labute approximate surface area is 286 Å². The van der Waals surface area contributed by atoms with E-state index >= 15 is 0 Å². The zero-order valence-corrected chi connectivity index (χ0v) is 28.1. The Hall–Kier alpha value is -5.33. The van der Waals surface area contributed by atoms with Gasteiger partial charge in [0.25, 0.3) is 46.0 Å². The van der Waals surface area contributed by atoms with E-state index < -0.39 is 127 Å². The predicted molar refractivity (Wildman–Crippen MR) is 177 cm³/mol. The molecular weight excluding hydrogens is 759 g/mol. The summed E-state index contributed by atoms with van der Waals surface area (Å²) in [6.07, 6.45) is 0. The van der Waals surface area contributed by atoms with E-state index in [-0.39, 0.29) is 11.1 Å². The molecule has 8 N–H and O–H groups in total. The second kappa shape index (κ2) is 11.6. The average molecular weight is 778 g/mol. The Bertz CT molecular complexity index is 2960. The average Bonchev–Trinajstić information content (AvgIpc) is 3.02. The van der Waals surface area contributed by atoms with Crippen LogP contribution in [0.5, 0.6) is 0 Å². The number of hydrogen-bond donors (Lipinski definition) is 7. The van der Waals surface area contributed by atoms with Crippen molar-refractivity contribution in [1.29, 1.82) is 0 Å². The summed E-state index contributed by atoms with van der Waals surface area (Å²) in [5.41, 5.74) is -1.32. The van der Waals surface area contributed by atoms with Gasteiger partial charge in [0.1, 0.15) is 14.7 Å². The highest BCUT2D eigenvalue weighted by molar-refractivity contribution is 7.87. The van der Waals surface area contributed by atoms with Crippen molar-refractivity contribution in [2.75, 3.05) is 11.1 Å². The summed E-state index contributed by atoms with van der Waals surface area (Å²) in [5.74, 6) is -2.12. The van der Waals surface area contributed by atoms with Crippen molar-refractivity contribution < 1.29 is 61.5 Å². The Kier molecular flexibility index (Phi) is 8.08. The lowest BCUT2D eigenvalue weighted by molar-refractivity contribution is 0.102. The van der Waals surface area contributed by atoms with Crippen LogP contribution in [0.2, 0.25) is 0 Å². The van der Waals surface area contributed by atoms with E-state index in [0.29, 0.717) is 18.2 Å². The molecule has 0 bridgehead atoms. The lowest BCUT2D eigenvalue weighted by Gasteiger charge is -2.25. The van der Waals surface area contributed by atoms with E-state index in [4.69, 9.17) is 5.73 Å². The molecule has 1 aromatic heterocycles. The van der Waals surface area contributed by atoms with Crippen molar-refractivity contribution >= 4 is 80.0 Å². The van der Waals surface area contributed by atoms with Crippen LogP contribution in [-0.4, -0.2) is 68.4 Å². The van der Waals surface area contributed by atoms with Crippen molar-refractivity contribution in [3.8, 4) is 11.1 Å². The van der Waals surface area contributed by atoms with E-state index in [9.17, 15) is 66.3 Å². The van der Waals surface area contributed by atoms with Crippen LogP contribution in [-0.2, 0) is 40.5 Å². The van der Waals surface area contributed by atoms with E-state index in [1.54, 1.807) is 0 Å². The zero-order valence-electron chi connectivity index (χ0n) is 24.8. The Morgan fingerprint density at radius 3 is 1.82 bits per heavy atom. The highest BCUT2D eigenvalue weighted by Gasteiger charge is 2.36. The molecule has 1 aliphatic carbocycles. The molecule has 0 saturated heterocycles. The number of aromatic nitrogens is 1. The highest BCUT2D eigenvalue weighted by atomic mass is 32.2. The van der Waals surface area contributed by atoms with E-state index in [0.717, 1.165) is 24.3 Å². The molecule has 5 aromatic rings. The Morgan fingerprint density at radius 1 is 0.647 bits per heavy atom. The largest absolute Gasteiger partial charge is 0.398 e. The second-order valence-corrected chi connectivity index (χ2v) is 16.5. The number of ketones is 2. The van der Waals surface area contributed by atoms with Crippen molar-refractivity contribution in [2.45, 2.75) is 19.6 Å². The molecule has 0 radical (unpaired) electrons. The van der Waals surface area contributed by atoms with Crippen molar-refractivity contribution in [2.24, 2.45) is 0 Å². The van der Waals surface area contributed by atoms with Gasteiger partial charge >= 0.3 is 0 Å². The topological polar surface area (TPSA) is 323 Å². The molecule has 4 aromatic carbocycles. The molecule has 6 rings (SSSR count). The number of H-pyrrole nitrogens is 1. The Balaban J connectivity index is 1.79. The number of nitrogen functional groups attached to an aromatic ring is 1. The third-order valence-electron chi connectivity index (χ3n) is 7.76. The number of rotatable bonds is 8. The van der Waals surface area contributed by atoms with Gasteiger partial charge in [-0.2, -0.15) is 33.7 Å². The van der Waals surface area contributed by atoms with Gasteiger partial charge in [0.2, 0.25) is 0 Å². The minimum atomic E-state index is -5.38. The van der Waals surface area contributed by atoms with Gasteiger partial charge in [0.05, 0.1) is 38.6 Å². The summed E-state index contributed by atoms with van der Waals surface area (Å²) in [6.45, 7) is 0. The van der Waals surface area contributed by atoms with E-state index in [1.165, 1.54) is 24.3 Å². The fourth-order valence-electron chi connectivity index (χ4n) is 5.70. The maximum Gasteiger partial charge on any atom is 0.296 e. The van der Waals surface area contributed by atoms with Gasteiger partial charge in [0.15, 0.2) is 11.6 Å². The van der Waals surface area contributed by atoms with Crippen LogP contribution in [0.4, 0.5) is 17.1 Å². The number of carbonyl (C=O) groups excluding carboxylic acids is 2. The number of aromatic amines is 1. The molecule has 0 unspecified atom stereocenters. The van der Waals surface area contributed by atoms with Gasteiger partial charge in [-0.1, -0.05) is 36.4 Å². The number of nitrogens with two attached hydrogens (primary N) is 1. The number of pyridine rings is 1. The summed E-state index contributed by atoms with van der Waals surface area (Å²) in [7, 11) is -20.7. The van der Waals surface area contributed by atoms with Crippen LogP contribution in [0, 0.1) is 0 Å². The standard InChI is InChI=1S/C29H19N3O15S4/c30-16-9-20(50(42,43)44)17(10-19(16)49(39,40)41)31-18-11-21(51(45,46)47)26-24-22(14-6-1-2-7-15(14)28(34)23(18)24)25(29(35)32-26)27(33)12-4-3-5-13(8-12)48(36,37)38/h1-11,31H,30H2,(H,32,35)(H,36,37,38)(H,39,40,41)(H,42,43,44)(H,45,46,47). The molecule has 264 valence electrons. The number of hydrogen-bond acceptors (Lipinski definition) is 13. The number of nitrogens with one attached hydrogen (secondary N) is 2. The minimum Gasteiger partial charge on any atom is -0.398 e. The molecule has 0 atom stereocenters. The van der Waals surface area contributed by atoms with Crippen molar-refractivity contribution in [1.82, 2.24) is 4.98 Å². The zero-order chi connectivity index (χ0) is 37.6. The van der Waals surface area contributed by atoms with Gasteiger partial charge in [-0.25, -0.2) is 0 Å². The molecule has 0 aliphatic heterocycles. The first-order valence-electron chi connectivity index (χ1n) is 13.7. The number of carbonyl (C=O) groups is 2. The quantitative estimate of drug-likeness (QED) is 0.0662. The lowest BCUT2D eigenvalue weighted by Crippen LogP contribution is -2.25. The van der Waals surface area contributed by atoms with Gasteiger partial charge in [-0.05, 0) is 35.9 Å². The normalized spacial score (nSPS) is 13.2. The molecule has 1 heterocycles.